The first-order valence-corrected chi connectivity index (χ1v) is 2.25. The van der Waals surface area contributed by atoms with E-state index in [1.165, 1.54) is 0 Å². The van der Waals surface area contributed by atoms with E-state index in [1.54, 1.807) is 0 Å². The van der Waals surface area contributed by atoms with Crippen LogP contribution in [0.1, 0.15) is 2.85 Å². The quantitative estimate of drug-likeness (QED) is 0.482. The Hall–Kier alpha value is 2.70. The van der Waals surface area contributed by atoms with Crippen LogP contribution in [0.4, 0.5) is 4.20 Å². The molecule has 0 aromatic heterocycles. The van der Waals surface area contributed by atoms with E-state index in [0.717, 1.165) is 0 Å². The van der Waals surface area contributed by atoms with Gasteiger partial charge < -0.3 is 2.85 Å². The Labute approximate surface area is 106 Å². The summed E-state index contributed by atoms with van der Waals surface area (Å²) in [6.45, 7) is 0. The second kappa shape index (κ2) is 6.82. The molecule has 1 radical (unpaired) electrons. The zero-order valence-electron chi connectivity index (χ0n) is 5.41. The molecule has 0 aliphatic carbocycles. The van der Waals surface area contributed by atoms with Gasteiger partial charge in [0.15, 0.2) is 0 Å². The molecule has 0 saturated heterocycles. The summed E-state index contributed by atoms with van der Waals surface area (Å²) in [5.74, 6) is 0. The zero-order chi connectivity index (χ0) is 4.50. The van der Waals surface area contributed by atoms with Gasteiger partial charge in [0.1, 0.15) is 0 Å². The van der Waals surface area contributed by atoms with Gasteiger partial charge in [-0.05, 0) is 0 Å². The summed E-state index contributed by atoms with van der Waals surface area (Å²) in [6, 6.07) is 0. The molecular formula is H4CaFO3PPr. The van der Waals surface area contributed by atoms with Gasteiger partial charge in [-0.15, -0.1) is 4.20 Å². The molecule has 0 unspecified atom stereocenters. The first-order chi connectivity index (χ1) is 2.00. The molecule has 0 aliphatic heterocycles. The van der Waals surface area contributed by atoms with E-state index >= 15 is 0 Å². The maximum absolute atomic E-state index is 10.4. The Balaban J connectivity index is -0.0000000133. The molecule has 39 valence electrons. The topological polar surface area (TPSA) is 57.5 Å². The average molecular weight is 283 g/mol. The maximum Gasteiger partial charge on any atom is 2.00 e. The van der Waals surface area contributed by atoms with Crippen LogP contribution in [0.5, 0.6) is 0 Å². The predicted octanol–water partition coefficient (Wildman–Crippen LogP) is -0.107. The Morgan fingerprint density at radius 3 is 1.57 bits per heavy atom. The molecule has 0 rings (SSSR count). The number of hydrogen-bond acceptors (Lipinski definition) is 1. The Kier molecular flexibility index (Phi) is 15.9. The van der Waals surface area contributed by atoms with Crippen molar-refractivity contribution < 1.29 is 62.7 Å². The molecule has 0 atom stereocenters. The van der Waals surface area contributed by atoms with Crippen molar-refractivity contribution in [1.82, 2.24) is 0 Å². The third-order valence-corrected chi connectivity index (χ3v) is 0. The first-order valence-electron chi connectivity index (χ1n) is 0.752. The van der Waals surface area contributed by atoms with Crippen LogP contribution in [0.25, 0.3) is 0 Å². The van der Waals surface area contributed by atoms with Crippen LogP contribution in [0.3, 0.4) is 0 Å². The molecule has 0 fully saturated rings. The van der Waals surface area contributed by atoms with Crippen molar-refractivity contribution in [3.63, 3.8) is 0 Å². The van der Waals surface area contributed by atoms with E-state index in [1.807, 2.05) is 0 Å². The van der Waals surface area contributed by atoms with Crippen molar-refractivity contribution in [2.75, 3.05) is 0 Å². The van der Waals surface area contributed by atoms with Crippen molar-refractivity contribution in [3.05, 3.63) is 0 Å². The van der Waals surface area contributed by atoms with E-state index < -0.39 is 7.91 Å². The molecule has 0 spiro atoms. The molecule has 0 amide bonds. The molecule has 7 heavy (non-hydrogen) atoms. The molecule has 0 bridgehead atoms. The summed E-state index contributed by atoms with van der Waals surface area (Å²) in [4.78, 5) is 13.9. The van der Waals surface area contributed by atoms with Gasteiger partial charge in [-0.2, -0.15) is 0 Å². The van der Waals surface area contributed by atoms with Gasteiger partial charge in [0.2, 0.25) is 0 Å². The summed E-state index contributed by atoms with van der Waals surface area (Å²) in [5, 5.41) is 0. The molecular weight excluding hydrogens is 279 g/mol. The average Bonchev–Trinajstić information content (AvgIpc) is 0.722. The van der Waals surface area contributed by atoms with Crippen LogP contribution < -0.4 is 0 Å². The minimum atomic E-state index is -5.14. The molecule has 7 heteroatoms. The summed E-state index contributed by atoms with van der Waals surface area (Å²) in [6.07, 6.45) is 0. The number of hydrogen-bond donors (Lipinski definition) is 2. The molecule has 2 N–H and O–H groups in total. The van der Waals surface area contributed by atoms with Crippen LogP contribution in [0, 0.1) is 41.3 Å². The van der Waals surface area contributed by atoms with Crippen LogP contribution in [-0.4, -0.2) is 47.5 Å². The fraction of sp³-hybridized carbons (Fsp3) is 0. The summed E-state index contributed by atoms with van der Waals surface area (Å²) in [5.41, 5.74) is 0. The van der Waals surface area contributed by atoms with Gasteiger partial charge in [0.05, 0.1) is 0 Å². The number of halogens is 1. The smallest absolute Gasteiger partial charge is 1.00 e. The second-order valence-corrected chi connectivity index (χ2v) is 1.42. The summed E-state index contributed by atoms with van der Waals surface area (Å²) in [7, 11) is -5.14. The molecule has 0 aromatic carbocycles. The van der Waals surface area contributed by atoms with E-state index in [2.05, 4.69) is 0 Å². The van der Waals surface area contributed by atoms with Crippen LogP contribution in [0.15, 0.2) is 0 Å². The van der Waals surface area contributed by atoms with Crippen LogP contribution in [0.2, 0.25) is 0 Å². The third-order valence-electron chi connectivity index (χ3n) is 0. The standard InChI is InChI=1S/Ca.FH2O3P.Pr.2H/c;1-5(2,3)4;;;/h;(H2,2,3,4);;;/q+2;;;2*-1. The molecule has 0 aromatic rings. The summed E-state index contributed by atoms with van der Waals surface area (Å²) < 4.78 is 19.0. The van der Waals surface area contributed by atoms with Gasteiger partial charge in [-0.1, -0.05) is 0 Å². The summed E-state index contributed by atoms with van der Waals surface area (Å²) >= 11 is 0. The minimum absolute atomic E-state index is 0. The van der Waals surface area contributed by atoms with Crippen molar-refractivity contribution in [2.45, 2.75) is 0 Å². The Morgan fingerprint density at radius 2 is 1.57 bits per heavy atom. The maximum atomic E-state index is 10.4. The molecule has 0 aliphatic rings. The van der Waals surface area contributed by atoms with Crippen LogP contribution in [-0.2, 0) is 4.57 Å². The van der Waals surface area contributed by atoms with Crippen molar-refractivity contribution in [1.29, 1.82) is 0 Å². The van der Waals surface area contributed by atoms with Gasteiger partial charge in [-0.25, -0.2) is 4.57 Å². The third kappa shape index (κ3) is 53.5. The fourth-order valence-electron chi connectivity index (χ4n) is 0. The van der Waals surface area contributed by atoms with Crippen molar-refractivity contribution in [3.8, 4) is 0 Å². The zero-order valence-corrected chi connectivity index (χ0v) is 10.2. The molecule has 3 nitrogen and oxygen atoms in total. The van der Waals surface area contributed by atoms with Crippen molar-refractivity contribution in [2.24, 2.45) is 0 Å². The SMILES string of the molecule is O=P(O)(O)F.[Ca+2].[H-].[H-].[Pr]. The van der Waals surface area contributed by atoms with Gasteiger partial charge >= 0.3 is 45.6 Å². The van der Waals surface area contributed by atoms with Gasteiger partial charge in [0, 0.05) is 41.3 Å². The van der Waals surface area contributed by atoms with Crippen molar-refractivity contribution >= 4 is 45.6 Å². The fourth-order valence-corrected chi connectivity index (χ4v) is 0. The molecule has 0 saturated carbocycles. The van der Waals surface area contributed by atoms with Gasteiger partial charge in [0.25, 0.3) is 0 Å². The number of rotatable bonds is 0. The first kappa shape index (κ1) is 16.4. The Bertz CT molecular complexity index is 67.9. The minimum Gasteiger partial charge on any atom is -1.00 e. The largest absolute Gasteiger partial charge is 2.00 e. The van der Waals surface area contributed by atoms with E-state index in [4.69, 9.17) is 14.4 Å². The van der Waals surface area contributed by atoms with E-state index in [-0.39, 0.29) is 81.9 Å². The second-order valence-electron chi connectivity index (χ2n) is 0.473. The van der Waals surface area contributed by atoms with E-state index in [0.29, 0.717) is 0 Å². The predicted molar refractivity (Wildman–Crippen MR) is 21.1 cm³/mol. The van der Waals surface area contributed by atoms with E-state index in [9.17, 15) is 4.20 Å². The van der Waals surface area contributed by atoms with Gasteiger partial charge in [-0.3, -0.25) is 9.79 Å². The Morgan fingerprint density at radius 1 is 1.57 bits per heavy atom. The van der Waals surface area contributed by atoms with Crippen LogP contribution >= 0.6 is 7.91 Å². The normalized spacial score (nSPS) is 8.43. The monoisotopic (exact) mass is 283 g/mol. The molecule has 0 heterocycles.